The molecular formula is C28H27N7O3. The molecule has 1 amide bonds. The third-order valence-corrected chi connectivity index (χ3v) is 7.79. The van der Waals surface area contributed by atoms with Gasteiger partial charge < -0.3 is 14.7 Å². The van der Waals surface area contributed by atoms with Gasteiger partial charge in [0.2, 0.25) is 0 Å². The fourth-order valence-electron chi connectivity index (χ4n) is 5.37. The van der Waals surface area contributed by atoms with Crippen molar-refractivity contribution in [3.63, 3.8) is 0 Å². The van der Waals surface area contributed by atoms with Crippen LogP contribution in [0.15, 0.2) is 61.2 Å². The van der Waals surface area contributed by atoms with E-state index in [4.69, 9.17) is 4.74 Å². The molecule has 0 bridgehead atoms. The predicted octanol–water partition coefficient (Wildman–Crippen LogP) is 3.81. The number of H-pyrrole nitrogens is 1. The summed E-state index contributed by atoms with van der Waals surface area (Å²) in [6.45, 7) is 3.11. The van der Waals surface area contributed by atoms with Gasteiger partial charge in [0.05, 0.1) is 28.8 Å². The molecule has 10 heteroatoms. The van der Waals surface area contributed by atoms with Crippen LogP contribution in [0.3, 0.4) is 0 Å². The van der Waals surface area contributed by atoms with Gasteiger partial charge in [-0.15, -0.1) is 0 Å². The SMILES string of the molecule is CC(Oc1ccc2[nH]nc(-c3cnn(C4CN(C(=O)C5(O)CCC5)C4)c3)c2c1)c1cccc2nccnc12. The van der Waals surface area contributed by atoms with Crippen LogP contribution in [0.2, 0.25) is 0 Å². The lowest BCUT2D eigenvalue weighted by atomic mass is 9.78. The Hall–Kier alpha value is -4.31. The smallest absolute Gasteiger partial charge is 0.254 e. The highest BCUT2D eigenvalue weighted by molar-refractivity contribution is 5.93. The molecule has 2 N–H and O–H groups in total. The molecule has 2 aromatic carbocycles. The summed E-state index contributed by atoms with van der Waals surface area (Å²) >= 11 is 0. The molecule has 4 heterocycles. The zero-order valence-corrected chi connectivity index (χ0v) is 20.9. The Bertz CT molecular complexity index is 1660. The molecule has 38 heavy (non-hydrogen) atoms. The zero-order valence-electron chi connectivity index (χ0n) is 20.9. The van der Waals surface area contributed by atoms with Gasteiger partial charge in [0.25, 0.3) is 5.91 Å². The lowest BCUT2D eigenvalue weighted by Gasteiger charge is -2.46. The molecule has 0 spiro atoms. The highest BCUT2D eigenvalue weighted by Crippen LogP contribution is 2.37. The van der Waals surface area contributed by atoms with Crippen LogP contribution >= 0.6 is 0 Å². The average molecular weight is 510 g/mol. The highest BCUT2D eigenvalue weighted by atomic mass is 16.5. The Morgan fingerprint density at radius 2 is 2.03 bits per heavy atom. The van der Waals surface area contributed by atoms with Crippen molar-refractivity contribution in [3.05, 3.63) is 66.7 Å². The van der Waals surface area contributed by atoms with E-state index in [9.17, 15) is 9.90 Å². The quantitative estimate of drug-likeness (QED) is 0.357. The van der Waals surface area contributed by atoms with Gasteiger partial charge in [-0.2, -0.15) is 10.2 Å². The number of fused-ring (bicyclic) bond motifs is 2. The van der Waals surface area contributed by atoms with Crippen LogP contribution in [0.25, 0.3) is 33.2 Å². The van der Waals surface area contributed by atoms with Gasteiger partial charge >= 0.3 is 0 Å². The molecule has 3 aromatic heterocycles. The van der Waals surface area contributed by atoms with Crippen LogP contribution in [0.1, 0.15) is 43.9 Å². The maximum atomic E-state index is 12.5. The molecule has 0 radical (unpaired) electrons. The number of ether oxygens (including phenoxy) is 1. The van der Waals surface area contributed by atoms with Gasteiger partial charge in [-0.05, 0) is 50.5 Å². The Balaban J connectivity index is 1.10. The Morgan fingerprint density at radius 3 is 2.84 bits per heavy atom. The predicted molar refractivity (Wildman–Crippen MR) is 140 cm³/mol. The van der Waals surface area contributed by atoms with E-state index in [0.29, 0.717) is 25.9 Å². The molecule has 1 unspecified atom stereocenters. The molecule has 1 aliphatic heterocycles. The number of hydrogen-bond donors (Lipinski definition) is 2. The number of nitrogens with zero attached hydrogens (tertiary/aromatic N) is 6. The number of amides is 1. The molecule has 2 aliphatic rings. The maximum Gasteiger partial charge on any atom is 0.254 e. The Morgan fingerprint density at radius 1 is 1.18 bits per heavy atom. The number of carbonyl (C=O) groups excluding carboxylic acids is 1. The van der Waals surface area contributed by atoms with E-state index in [-0.39, 0.29) is 18.1 Å². The van der Waals surface area contributed by atoms with E-state index in [1.165, 1.54) is 0 Å². The van der Waals surface area contributed by atoms with Crippen LogP contribution in [0, 0.1) is 0 Å². The minimum absolute atomic E-state index is 0.0881. The van der Waals surface area contributed by atoms with E-state index in [2.05, 4.69) is 25.3 Å². The van der Waals surface area contributed by atoms with Crippen molar-refractivity contribution in [1.82, 2.24) is 34.8 Å². The standard InChI is InChI=1S/C28H27N7O3/c1-17(21-4-2-5-24-26(21)30-11-10-29-24)38-20-6-7-23-22(12-20)25(33-32-23)18-13-31-35(14-18)19-15-34(16-19)27(36)28(37)8-3-9-28/h2,4-7,10-14,17,19,37H,3,8-9,15-16H2,1H3,(H,32,33). The minimum Gasteiger partial charge on any atom is -0.486 e. The normalized spacial score (nSPS) is 17.8. The van der Waals surface area contributed by atoms with Gasteiger partial charge in [-0.3, -0.25) is 24.5 Å². The van der Waals surface area contributed by atoms with Crippen LogP contribution < -0.4 is 4.74 Å². The third-order valence-electron chi connectivity index (χ3n) is 7.79. The number of nitrogens with one attached hydrogen (secondary N) is 1. The second-order valence-corrected chi connectivity index (χ2v) is 10.3. The van der Waals surface area contributed by atoms with Crippen molar-refractivity contribution in [2.75, 3.05) is 13.1 Å². The molecular weight excluding hydrogens is 482 g/mol. The van der Waals surface area contributed by atoms with E-state index >= 15 is 0 Å². The van der Waals surface area contributed by atoms with E-state index in [1.54, 1.807) is 23.5 Å². The Labute approximate surface area is 218 Å². The van der Waals surface area contributed by atoms with Gasteiger partial charge in [-0.25, -0.2) is 0 Å². The molecule has 1 aliphatic carbocycles. The van der Waals surface area contributed by atoms with Gasteiger partial charge in [-0.1, -0.05) is 12.1 Å². The van der Waals surface area contributed by atoms with Gasteiger partial charge in [0.1, 0.15) is 23.1 Å². The van der Waals surface area contributed by atoms with Crippen molar-refractivity contribution in [1.29, 1.82) is 0 Å². The first-order valence-corrected chi connectivity index (χ1v) is 12.9. The molecule has 7 rings (SSSR count). The molecule has 5 aromatic rings. The number of aromatic amines is 1. The molecule has 10 nitrogen and oxygen atoms in total. The van der Waals surface area contributed by atoms with Gasteiger partial charge in [0.15, 0.2) is 0 Å². The van der Waals surface area contributed by atoms with Crippen LogP contribution in [-0.4, -0.2) is 64.5 Å². The van der Waals surface area contributed by atoms with Crippen molar-refractivity contribution >= 4 is 27.8 Å². The van der Waals surface area contributed by atoms with Crippen LogP contribution in [0.4, 0.5) is 0 Å². The number of hydrogen-bond acceptors (Lipinski definition) is 7. The number of likely N-dealkylation sites (tertiary alicyclic amines) is 1. The number of carbonyl (C=O) groups is 1. The number of para-hydroxylation sites is 1. The molecule has 1 saturated carbocycles. The molecule has 1 atom stereocenters. The summed E-state index contributed by atoms with van der Waals surface area (Å²) in [5.41, 5.74) is 4.07. The van der Waals surface area contributed by atoms with E-state index < -0.39 is 5.60 Å². The lowest BCUT2D eigenvalue weighted by molar-refractivity contribution is -0.166. The summed E-state index contributed by atoms with van der Waals surface area (Å²) in [5.74, 6) is 0.575. The van der Waals surface area contributed by atoms with Gasteiger partial charge in [0, 0.05) is 48.2 Å². The summed E-state index contributed by atoms with van der Waals surface area (Å²) in [7, 11) is 0. The minimum atomic E-state index is -1.15. The second kappa shape index (κ2) is 8.63. The summed E-state index contributed by atoms with van der Waals surface area (Å²) in [6, 6.07) is 11.9. The second-order valence-electron chi connectivity index (χ2n) is 10.3. The van der Waals surface area contributed by atoms with E-state index in [1.807, 2.05) is 54.2 Å². The average Bonchev–Trinajstić information content (AvgIpc) is 3.53. The topological polar surface area (TPSA) is 122 Å². The largest absolute Gasteiger partial charge is 0.486 e. The molecule has 192 valence electrons. The van der Waals surface area contributed by atoms with Crippen LogP contribution in [0.5, 0.6) is 5.75 Å². The third kappa shape index (κ3) is 3.71. The monoisotopic (exact) mass is 509 g/mol. The summed E-state index contributed by atoms with van der Waals surface area (Å²) < 4.78 is 8.22. The number of aromatic nitrogens is 6. The summed E-state index contributed by atoms with van der Waals surface area (Å²) in [6.07, 6.45) is 8.94. The lowest BCUT2D eigenvalue weighted by Crippen LogP contribution is -2.60. The maximum absolute atomic E-state index is 12.5. The summed E-state index contributed by atoms with van der Waals surface area (Å²) in [4.78, 5) is 23.1. The molecule has 1 saturated heterocycles. The number of rotatable bonds is 6. The van der Waals surface area contributed by atoms with Crippen molar-refractivity contribution < 1.29 is 14.6 Å². The van der Waals surface area contributed by atoms with Crippen LogP contribution in [-0.2, 0) is 4.79 Å². The highest BCUT2D eigenvalue weighted by Gasteiger charge is 2.47. The first-order chi connectivity index (χ1) is 18.5. The summed E-state index contributed by atoms with van der Waals surface area (Å²) in [5, 5.41) is 23.5. The first kappa shape index (κ1) is 22.9. The van der Waals surface area contributed by atoms with Crippen molar-refractivity contribution in [2.45, 2.75) is 43.9 Å². The number of benzene rings is 2. The van der Waals surface area contributed by atoms with E-state index in [0.717, 1.165) is 50.9 Å². The van der Waals surface area contributed by atoms with Crippen molar-refractivity contribution in [2.24, 2.45) is 0 Å². The Kier molecular flexibility index (Phi) is 5.19. The number of aliphatic hydroxyl groups is 1. The first-order valence-electron chi connectivity index (χ1n) is 12.9. The molecule has 2 fully saturated rings. The zero-order chi connectivity index (χ0) is 25.9. The fourth-order valence-corrected chi connectivity index (χ4v) is 5.37. The fraction of sp³-hybridized carbons (Fsp3) is 0.321. The van der Waals surface area contributed by atoms with Crippen molar-refractivity contribution in [3.8, 4) is 17.0 Å².